The maximum atomic E-state index is 4.35. The van der Waals surface area contributed by atoms with E-state index in [2.05, 4.69) is 34.5 Å². The number of aryl methyl sites for hydroxylation is 1. The number of nitrogens with zero attached hydrogens (tertiary/aromatic N) is 2. The Balaban J connectivity index is 0.00000200. The van der Waals surface area contributed by atoms with Crippen molar-refractivity contribution in [3.63, 3.8) is 0 Å². The van der Waals surface area contributed by atoms with Crippen LogP contribution in [-0.2, 0) is 6.54 Å². The molecule has 0 radical (unpaired) electrons. The van der Waals surface area contributed by atoms with Gasteiger partial charge in [-0.15, -0.1) is 35.3 Å². The van der Waals surface area contributed by atoms with Gasteiger partial charge in [0.1, 0.15) is 5.01 Å². The molecule has 0 aromatic carbocycles. The zero-order valence-electron chi connectivity index (χ0n) is 12.5. The van der Waals surface area contributed by atoms with E-state index in [0.29, 0.717) is 6.04 Å². The molecule has 20 heavy (non-hydrogen) atoms. The number of hydrogen-bond acceptors (Lipinski definition) is 3. The lowest BCUT2D eigenvalue weighted by molar-refractivity contribution is 0.324. The zero-order chi connectivity index (χ0) is 13.7. The molecule has 114 valence electrons. The predicted molar refractivity (Wildman–Crippen MR) is 97.0 cm³/mol. The van der Waals surface area contributed by atoms with Crippen molar-refractivity contribution in [1.29, 1.82) is 0 Å². The van der Waals surface area contributed by atoms with E-state index < -0.39 is 0 Å². The van der Waals surface area contributed by atoms with Crippen LogP contribution in [0, 0.1) is 12.8 Å². The largest absolute Gasteiger partial charge is 0.354 e. The highest BCUT2D eigenvalue weighted by Crippen LogP contribution is 2.23. The van der Waals surface area contributed by atoms with E-state index in [-0.39, 0.29) is 24.0 Å². The van der Waals surface area contributed by atoms with Crippen LogP contribution in [0.15, 0.2) is 11.2 Å². The summed E-state index contributed by atoms with van der Waals surface area (Å²) in [4.78, 5) is 9.91. The van der Waals surface area contributed by atoms with Crippen molar-refractivity contribution in [2.24, 2.45) is 10.9 Å². The Morgan fingerprint density at radius 1 is 1.50 bits per heavy atom. The number of thiazole rings is 1. The van der Waals surface area contributed by atoms with Crippen LogP contribution >= 0.6 is 35.3 Å². The standard InChI is InChI=1S/C14H24N4S.HI/c1-10-5-4-6-12(7-10)18-14(15-3)17-9-13-16-8-11(2)19-13;/h8,10,12H,4-7,9H2,1-3H3,(H2,15,17,18);1H. The molecule has 2 N–H and O–H groups in total. The monoisotopic (exact) mass is 408 g/mol. The minimum Gasteiger partial charge on any atom is -0.354 e. The van der Waals surface area contributed by atoms with Gasteiger partial charge in [0.05, 0.1) is 6.54 Å². The zero-order valence-corrected chi connectivity index (χ0v) is 15.6. The minimum atomic E-state index is 0. The normalized spacial score (nSPS) is 23.1. The van der Waals surface area contributed by atoms with E-state index >= 15 is 0 Å². The molecule has 1 aromatic rings. The van der Waals surface area contributed by atoms with Crippen molar-refractivity contribution >= 4 is 41.3 Å². The van der Waals surface area contributed by atoms with Crippen LogP contribution in [0.4, 0.5) is 0 Å². The summed E-state index contributed by atoms with van der Waals surface area (Å²) in [5.74, 6) is 1.72. The molecule has 0 bridgehead atoms. The summed E-state index contributed by atoms with van der Waals surface area (Å²) in [5, 5.41) is 7.99. The number of aliphatic imine (C=N–C) groups is 1. The van der Waals surface area contributed by atoms with Gasteiger partial charge in [0.15, 0.2) is 5.96 Å². The van der Waals surface area contributed by atoms with Crippen molar-refractivity contribution in [2.75, 3.05) is 7.05 Å². The molecule has 1 aromatic heterocycles. The number of hydrogen-bond donors (Lipinski definition) is 2. The molecule has 6 heteroatoms. The van der Waals surface area contributed by atoms with Gasteiger partial charge in [0.25, 0.3) is 0 Å². The van der Waals surface area contributed by atoms with E-state index in [9.17, 15) is 0 Å². The molecular weight excluding hydrogens is 383 g/mol. The lowest BCUT2D eigenvalue weighted by atomic mass is 9.87. The fraction of sp³-hybridized carbons (Fsp3) is 0.714. The van der Waals surface area contributed by atoms with Gasteiger partial charge in [-0.3, -0.25) is 4.99 Å². The van der Waals surface area contributed by atoms with Crippen molar-refractivity contribution in [3.05, 3.63) is 16.1 Å². The number of rotatable bonds is 3. The molecule has 1 fully saturated rings. The summed E-state index contributed by atoms with van der Waals surface area (Å²) in [6.07, 6.45) is 7.10. The first-order chi connectivity index (χ1) is 9.17. The Kier molecular flexibility index (Phi) is 7.79. The first-order valence-corrected chi connectivity index (χ1v) is 7.87. The van der Waals surface area contributed by atoms with E-state index in [0.717, 1.165) is 23.4 Å². The van der Waals surface area contributed by atoms with Crippen molar-refractivity contribution in [1.82, 2.24) is 15.6 Å². The third kappa shape index (κ3) is 5.55. The molecule has 2 unspecified atom stereocenters. The first kappa shape index (κ1) is 17.7. The average molecular weight is 408 g/mol. The van der Waals surface area contributed by atoms with Crippen molar-refractivity contribution in [3.8, 4) is 0 Å². The SMILES string of the molecule is CN=C(NCc1ncc(C)s1)NC1CCCC(C)C1.I. The number of guanidine groups is 1. The molecule has 0 spiro atoms. The quantitative estimate of drug-likeness (QED) is 0.459. The van der Waals surface area contributed by atoms with Crippen LogP contribution in [-0.4, -0.2) is 24.0 Å². The average Bonchev–Trinajstić information content (AvgIpc) is 2.80. The summed E-state index contributed by atoms with van der Waals surface area (Å²) in [5.41, 5.74) is 0. The molecule has 2 rings (SSSR count). The van der Waals surface area contributed by atoms with Gasteiger partial charge in [0, 0.05) is 24.2 Å². The lowest BCUT2D eigenvalue weighted by Crippen LogP contribution is -2.44. The fourth-order valence-corrected chi connectivity index (χ4v) is 3.32. The van der Waals surface area contributed by atoms with Crippen LogP contribution in [0.5, 0.6) is 0 Å². The fourth-order valence-electron chi connectivity index (χ4n) is 2.60. The van der Waals surface area contributed by atoms with E-state index in [4.69, 9.17) is 0 Å². The maximum Gasteiger partial charge on any atom is 0.191 e. The van der Waals surface area contributed by atoms with Gasteiger partial charge < -0.3 is 10.6 Å². The second-order valence-electron chi connectivity index (χ2n) is 5.40. The molecule has 4 nitrogen and oxygen atoms in total. The van der Waals surface area contributed by atoms with Crippen LogP contribution in [0.1, 0.15) is 42.5 Å². The predicted octanol–water partition coefficient (Wildman–Crippen LogP) is 3.31. The third-order valence-corrected chi connectivity index (χ3v) is 4.49. The van der Waals surface area contributed by atoms with Gasteiger partial charge in [-0.05, 0) is 25.7 Å². The Labute approximate surface area is 142 Å². The van der Waals surface area contributed by atoms with Crippen LogP contribution < -0.4 is 10.6 Å². The molecular formula is C14H25IN4S. The number of nitrogens with one attached hydrogen (secondary N) is 2. The highest BCUT2D eigenvalue weighted by molar-refractivity contribution is 14.0. The Bertz CT molecular complexity index is 433. The molecule has 1 saturated carbocycles. The van der Waals surface area contributed by atoms with Crippen molar-refractivity contribution in [2.45, 2.75) is 52.1 Å². The molecule has 0 amide bonds. The summed E-state index contributed by atoms with van der Waals surface area (Å²) in [7, 11) is 1.83. The third-order valence-electron chi connectivity index (χ3n) is 3.58. The lowest BCUT2D eigenvalue weighted by Gasteiger charge is -2.28. The van der Waals surface area contributed by atoms with Crippen molar-refractivity contribution < 1.29 is 0 Å². The van der Waals surface area contributed by atoms with Gasteiger partial charge in [-0.2, -0.15) is 0 Å². The van der Waals surface area contributed by atoms with Crippen LogP contribution in [0.25, 0.3) is 0 Å². The highest BCUT2D eigenvalue weighted by Gasteiger charge is 2.19. The second-order valence-corrected chi connectivity index (χ2v) is 6.72. The van der Waals surface area contributed by atoms with Crippen LogP contribution in [0.3, 0.4) is 0 Å². The summed E-state index contributed by atoms with van der Waals surface area (Å²) in [6.45, 7) is 5.17. The van der Waals surface area contributed by atoms with E-state index in [1.165, 1.54) is 30.6 Å². The molecule has 0 saturated heterocycles. The summed E-state index contributed by atoms with van der Waals surface area (Å²) < 4.78 is 0. The second kappa shape index (κ2) is 8.81. The molecule has 1 aliphatic rings. The number of aromatic nitrogens is 1. The smallest absolute Gasteiger partial charge is 0.191 e. The highest BCUT2D eigenvalue weighted by atomic mass is 127. The summed E-state index contributed by atoms with van der Waals surface area (Å²) >= 11 is 1.73. The molecule has 0 aliphatic heterocycles. The molecule has 1 heterocycles. The number of halogens is 1. The van der Waals surface area contributed by atoms with E-state index in [1.807, 2.05) is 13.2 Å². The Hall–Kier alpha value is -0.370. The minimum absolute atomic E-state index is 0. The topological polar surface area (TPSA) is 49.3 Å². The Morgan fingerprint density at radius 2 is 2.30 bits per heavy atom. The molecule has 1 aliphatic carbocycles. The van der Waals surface area contributed by atoms with Gasteiger partial charge in [0.2, 0.25) is 0 Å². The Morgan fingerprint density at radius 3 is 2.90 bits per heavy atom. The van der Waals surface area contributed by atoms with Crippen LogP contribution in [0.2, 0.25) is 0 Å². The first-order valence-electron chi connectivity index (χ1n) is 7.06. The molecule has 2 atom stereocenters. The van der Waals surface area contributed by atoms with Gasteiger partial charge in [-0.25, -0.2) is 4.98 Å². The van der Waals surface area contributed by atoms with Gasteiger partial charge >= 0.3 is 0 Å². The van der Waals surface area contributed by atoms with E-state index in [1.54, 1.807) is 11.3 Å². The maximum absolute atomic E-state index is 4.35. The summed E-state index contributed by atoms with van der Waals surface area (Å²) in [6, 6.07) is 0.563. The van der Waals surface area contributed by atoms with Gasteiger partial charge in [-0.1, -0.05) is 19.8 Å².